The molecule has 0 amide bonds. The molecule has 2 aliphatic rings. The van der Waals surface area contributed by atoms with E-state index in [1.165, 1.54) is 6.42 Å². The van der Waals surface area contributed by atoms with Gasteiger partial charge in [-0.15, -0.1) is 0 Å². The topological polar surface area (TPSA) is 17.1 Å². The van der Waals surface area contributed by atoms with Crippen LogP contribution in [0, 0.1) is 0 Å². The highest BCUT2D eigenvalue weighted by atomic mass is 28.3. The Kier molecular flexibility index (Phi) is 3.20. The number of ketones is 1. The minimum absolute atomic E-state index is 0.462. The third-order valence-corrected chi connectivity index (χ3v) is 6.18. The Hall–Kier alpha value is -0.633. The van der Waals surface area contributed by atoms with Crippen LogP contribution in [-0.2, 0) is 4.79 Å². The maximum Gasteiger partial charge on any atom is 0.133 e. The van der Waals surface area contributed by atoms with Crippen LogP contribution in [0.25, 0.3) is 0 Å². The highest BCUT2D eigenvalue weighted by Gasteiger charge is 2.25. The minimum Gasteiger partial charge on any atom is -0.300 e. The summed E-state index contributed by atoms with van der Waals surface area (Å²) in [5.41, 5.74) is 3.18. The smallest absolute Gasteiger partial charge is 0.133 e. The maximum atomic E-state index is 11.5. The molecule has 0 aromatic carbocycles. The SMILES string of the molecule is C[Si](C)(C)C1=CCC2=C(CCC(=O)CC2)C1. The predicted molar refractivity (Wildman–Crippen MR) is 71.2 cm³/mol. The van der Waals surface area contributed by atoms with E-state index >= 15 is 0 Å². The van der Waals surface area contributed by atoms with E-state index in [2.05, 4.69) is 25.7 Å². The molecule has 0 atom stereocenters. The Labute approximate surface area is 99.6 Å². The van der Waals surface area contributed by atoms with Crippen LogP contribution in [0.15, 0.2) is 22.4 Å². The maximum absolute atomic E-state index is 11.5. The molecule has 2 heteroatoms. The minimum atomic E-state index is -1.12. The summed E-state index contributed by atoms with van der Waals surface area (Å²) in [6.07, 6.45) is 8.41. The molecular weight excluding hydrogens is 212 g/mol. The molecule has 0 aromatic rings. The first-order valence-electron chi connectivity index (χ1n) is 6.38. The molecular formula is C14H22OSi. The van der Waals surface area contributed by atoms with Crippen LogP contribution >= 0.6 is 0 Å². The van der Waals surface area contributed by atoms with Gasteiger partial charge in [0.2, 0.25) is 0 Å². The van der Waals surface area contributed by atoms with Gasteiger partial charge in [0.15, 0.2) is 0 Å². The summed E-state index contributed by atoms with van der Waals surface area (Å²) < 4.78 is 0. The summed E-state index contributed by atoms with van der Waals surface area (Å²) >= 11 is 0. The van der Waals surface area contributed by atoms with Crippen LogP contribution in [0.5, 0.6) is 0 Å². The highest BCUT2D eigenvalue weighted by Crippen LogP contribution is 2.36. The van der Waals surface area contributed by atoms with Gasteiger partial charge in [-0.3, -0.25) is 4.79 Å². The Morgan fingerprint density at radius 2 is 1.62 bits per heavy atom. The van der Waals surface area contributed by atoms with Gasteiger partial charge in [-0.25, -0.2) is 0 Å². The van der Waals surface area contributed by atoms with Gasteiger partial charge in [0.05, 0.1) is 8.07 Å². The predicted octanol–water partition coefficient (Wildman–Crippen LogP) is 4.02. The Morgan fingerprint density at radius 1 is 1.00 bits per heavy atom. The van der Waals surface area contributed by atoms with Crippen molar-refractivity contribution in [3.05, 3.63) is 22.4 Å². The van der Waals surface area contributed by atoms with Gasteiger partial charge in [0.25, 0.3) is 0 Å². The summed E-state index contributed by atoms with van der Waals surface area (Å²) in [4.78, 5) is 11.5. The van der Waals surface area contributed by atoms with Gasteiger partial charge in [0, 0.05) is 12.8 Å². The van der Waals surface area contributed by atoms with Crippen molar-refractivity contribution in [3.8, 4) is 0 Å². The molecule has 16 heavy (non-hydrogen) atoms. The Bertz CT molecular complexity index is 369. The third kappa shape index (κ3) is 2.54. The van der Waals surface area contributed by atoms with E-state index < -0.39 is 8.07 Å². The van der Waals surface area contributed by atoms with E-state index in [-0.39, 0.29) is 0 Å². The summed E-state index contributed by atoms with van der Waals surface area (Å²) in [7, 11) is -1.12. The van der Waals surface area contributed by atoms with Crippen molar-refractivity contribution in [2.24, 2.45) is 0 Å². The first-order valence-corrected chi connectivity index (χ1v) is 9.88. The van der Waals surface area contributed by atoms with Gasteiger partial charge in [-0.1, -0.05) is 42.1 Å². The van der Waals surface area contributed by atoms with Crippen molar-refractivity contribution in [2.45, 2.75) is 58.2 Å². The monoisotopic (exact) mass is 234 g/mol. The number of hydrogen-bond acceptors (Lipinski definition) is 1. The number of hydrogen-bond donors (Lipinski definition) is 0. The molecule has 0 aromatic heterocycles. The zero-order chi connectivity index (χ0) is 11.8. The van der Waals surface area contributed by atoms with Crippen molar-refractivity contribution in [3.63, 3.8) is 0 Å². The lowest BCUT2D eigenvalue weighted by molar-refractivity contribution is -0.118. The molecule has 88 valence electrons. The van der Waals surface area contributed by atoms with Crippen LogP contribution in [0.1, 0.15) is 38.5 Å². The number of Topliss-reactive ketones (excluding diaryl/α,β-unsaturated/α-hetero) is 1. The molecule has 1 nitrogen and oxygen atoms in total. The molecule has 2 aliphatic carbocycles. The van der Waals surface area contributed by atoms with Crippen LogP contribution in [-0.4, -0.2) is 13.9 Å². The van der Waals surface area contributed by atoms with Crippen LogP contribution in [0.3, 0.4) is 0 Å². The quantitative estimate of drug-likeness (QED) is 0.494. The Balaban J connectivity index is 2.13. The van der Waals surface area contributed by atoms with E-state index in [1.54, 1.807) is 16.3 Å². The van der Waals surface area contributed by atoms with Crippen molar-refractivity contribution < 1.29 is 4.79 Å². The number of allylic oxidation sites excluding steroid dienone is 4. The van der Waals surface area contributed by atoms with Gasteiger partial charge < -0.3 is 0 Å². The second-order valence-electron chi connectivity index (χ2n) is 6.11. The zero-order valence-electron chi connectivity index (χ0n) is 10.7. The highest BCUT2D eigenvalue weighted by molar-refractivity contribution is 6.83. The summed E-state index contributed by atoms with van der Waals surface area (Å²) in [5, 5.41) is 1.69. The molecule has 0 aliphatic heterocycles. The molecule has 2 rings (SSSR count). The fourth-order valence-corrected chi connectivity index (χ4v) is 4.10. The van der Waals surface area contributed by atoms with E-state index in [1.807, 2.05) is 0 Å². The fourth-order valence-electron chi connectivity index (χ4n) is 2.64. The normalized spacial score (nSPS) is 22.7. The largest absolute Gasteiger partial charge is 0.300 e. The molecule has 0 heterocycles. The lowest BCUT2D eigenvalue weighted by Gasteiger charge is -2.27. The lowest BCUT2D eigenvalue weighted by Crippen LogP contribution is -2.25. The summed E-state index contributed by atoms with van der Waals surface area (Å²) in [6, 6.07) is 0. The van der Waals surface area contributed by atoms with Crippen LogP contribution in [0.4, 0.5) is 0 Å². The second-order valence-corrected chi connectivity index (χ2v) is 11.2. The first-order chi connectivity index (χ1) is 7.47. The molecule has 0 saturated carbocycles. The standard InChI is InChI=1S/C14H22OSi/c1-16(2,3)14-9-6-11-4-7-13(15)8-5-12(11)10-14/h9H,4-8,10H2,1-3H3. The van der Waals surface area contributed by atoms with E-state index in [4.69, 9.17) is 0 Å². The molecule has 0 fully saturated rings. The fraction of sp³-hybridized carbons (Fsp3) is 0.643. The van der Waals surface area contributed by atoms with Crippen LogP contribution in [0.2, 0.25) is 19.6 Å². The van der Waals surface area contributed by atoms with E-state index in [9.17, 15) is 4.79 Å². The van der Waals surface area contributed by atoms with E-state index in [0.717, 1.165) is 32.1 Å². The molecule has 0 N–H and O–H groups in total. The molecule has 0 saturated heterocycles. The van der Waals surface area contributed by atoms with Gasteiger partial charge in [-0.05, 0) is 25.7 Å². The van der Waals surface area contributed by atoms with Gasteiger partial charge in [-0.2, -0.15) is 0 Å². The molecule has 0 bridgehead atoms. The second kappa shape index (κ2) is 4.32. The van der Waals surface area contributed by atoms with Crippen molar-refractivity contribution >= 4 is 13.9 Å². The van der Waals surface area contributed by atoms with Crippen molar-refractivity contribution in [1.29, 1.82) is 0 Å². The summed E-state index contributed by atoms with van der Waals surface area (Å²) in [6.45, 7) is 7.27. The average molecular weight is 234 g/mol. The number of carbonyl (C=O) groups is 1. The third-order valence-electron chi connectivity index (χ3n) is 3.87. The van der Waals surface area contributed by atoms with Crippen LogP contribution < -0.4 is 0 Å². The van der Waals surface area contributed by atoms with Crippen molar-refractivity contribution in [1.82, 2.24) is 0 Å². The van der Waals surface area contributed by atoms with Gasteiger partial charge in [0.1, 0.15) is 5.78 Å². The van der Waals surface area contributed by atoms with Gasteiger partial charge >= 0.3 is 0 Å². The zero-order valence-corrected chi connectivity index (χ0v) is 11.7. The molecule has 0 radical (unpaired) electrons. The van der Waals surface area contributed by atoms with E-state index in [0.29, 0.717) is 5.78 Å². The lowest BCUT2D eigenvalue weighted by atomic mass is 9.93. The average Bonchev–Trinajstić information content (AvgIpc) is 2.39. The first kappa shape index (κ1) is 11.8. The number of rotatable bonds is 1. The molecule has 0 unspecified atom stereocenters. The molecule has 0 spiro atoms. The number of carbonyl (C=O) groups excluding carboxylic acids is 1. The Morgan fingerprint density at radius 3 is 2.25 bits per heavy atom. The summed E-state index contributed by atoms with van der Waals surface area (Å²) in [5.74, 6) is 0.462. The van der Waals surface area contributed by atoms with Crippen molar-refractivity contribution in [2.75, 3.05) is 0 Å².